The van der Waals surface area contributed by atoms with Gasteiger partial charge in [-0.3, -0.25) is 4.90 Å². The van der Waals surface area contributed by atoms with Crippen LogP contribution in [0, 0.1) is 5.82 Å². The van der Waals surface area contributed by atoms with E-state index in [0.717, 1.165) is 42.0 Å². The van der Waals surface area contributed by atoms with Crippen molar-refractivity contribution in [3.05, 3.63) is 58.2 Å². The van der Waals surface area contributed by atoms with E-state index in [4.69, 9.17) is 4.42 Å². The van der Waals surface area contributed by atoms with Crippen LogP contribution >= 0.6 is 15.9 Å². The minimum Gasteiger partial charge on any atom is -0.467 e. The average molecular weight is 339 g/mol. The molecule has 20 heavy (non-hydrogen) atoms. The largest absolute Gasteiger partial charge is 0.467 e. The zero-order valence-electron chi connectivity index (χ0n) is 11.0. The highest BCUT2D eigenvalue weighted by molar-refractivity contribution is 9.10. The van der Waals surface area contributed by atoms with Gasteiger partial charge in [-0.1, -0.05) is 15.9 Å². The van der Waals surface area contributed by atoms with Gasteiger partial charge in [0, 0.05) is 30.7 Å². The first-order valence-corrected chi connectivity index (χ1v) is 7.48. The van der Waals surface area contributed by atoms with Crippen LogP contribution in [0.4, 0.5) is 4.39 Å². The number of piperazine rings is 1. The van der Waals surface area contributed by atoms with Gasteiger partial charge in [0.1, 0.15) is 11.6 Å². The number of hydrogen-bond acceptors (Lipinski definition) is 3. The summed E-state index contributed by atoms with van der Waals surface area (Å²) in [4.78, 5) is 2.31. The number of benzene rings is 1. The van der Waals surface area contributed by atoms with Crippen LogP contribution in [0.1, 0.15) is 17.4 Å². The number of hydrogen-bond donors (Lipinski definition) is 1. The predicted molar refractivity (Wildman–Crippen MR) is 79.1 cm³/mol. The van der Waals surface area contributed by atoms with Crippen molar-refractivity contribution >= 4 is 15.9 Å². The normalized spacial score (nSPS) is 18.1. The molecule has 0 spiro atoms. The summed E-state index contributed by atoms with van der Waals surface area (Å²) >= 11 is 3.53. The van der Waals surface area contributed by atoms with Crippen LogP contribution < -0.4 is 5.32 Å². The number of halogens is 2. The topological polar surface area (TPSA) is 28.4 Å². The van der Waals surface area contributed by atoms with Crippen LogP contribution in [0.2, 0.25) is 0 Å². The maximum Gasteiger partial charge on any atom is 0.125 e. The highest BCUT2D eigenvalue weighted by Gasteiger charge is 2.27. The lowest BCUT2D eigenvalue weighted by Gasteiger charge is -2.34. The molecule has 1 atom stereocenters. The van der Waals surface area contributed by atoms with Gasteiger partial charge in [-0.2, -0.15) is 0 Å². The fourth-order valence-electron chi connectivity index (χ4n) is 2.64. The molecule has 1 aliphatic heterocycles. The summed E-state index contributed by atoms with van der Waals surface area (Å²) in [7, 11) is 0. The van der Waals surface area contributed by atoms with Crippen molar-refractivity contribution in [2.24, 2.45) is 0 Å². The Hall–Kier alpha value is -1.17. The summed E-state index contributed by atoms with van der Waals surface area (Å²) in [5, 5.41) is 3.33. The molecule has 3 rings (SSSR count). The Morgan fingerprint density at radius 1 is 1.25 bits per heavy atom. The van der Waals surface area contributed by atoms with Gasteiger partial charge in [0.2, 0.25) is 0 Å². The molecule has 3 nitrogen and oxygen atoms in total. The molecule has 1 fully saturated rings. The first-order valence-electron chi connectivity index (χ1n) is 6.69. The standard InChI is InChI=1S/C15H16BrFN2O/c16-13-4-3-11(17)10-12(13)15(14-2-1-9-20-14)19-7-5-18-6-8-19/h1-4,9-10,15,18H,5-8H2/t15-/m0/s1. The molecule has 5 heteroatoms. The lowest BCUT2D eigenvalue weighted by Crippen LogP contribution is -2.45. The van der Waals surface area contributed by atoms with E-state index in [1.807, 2.05) is 12.1 Å². The summed E-state index contributed by atoms with van der Waals surface area (Å²) in [5.41, 5.74) is 0.904. The Bertz CT molecular complexity index is 567. The van der Waals surface area contributed by atoms with E-state index in [9.17, 15) is 4.39 Å². The van der Waals surface area contributed by atoms with Crippen molar-refractivity contribution in [3.8, 4) is 0 Å². The molecule has 2 heterocycles. The summed E-state index contributed by atoms with van der Waals surface area (Å²) in [6.07, 6.45) is 1.66. The summed E-state index contributed by atoms with van der Waals surface area (Å²) in [6, 6.07) is 8.56. The van der Waals surface area contributed by atoms with Gasteiger partial charge in [0.05, 0.1) is 12.3 Å². The third-order valence-corrected chi connectivity index (χ3v) is 4.30. The Kier molecular flexibility index (Phi) is 4.19. The number of furan rings is 1. The van der Waals surface area contributed by atoms with Gasteiger partial charge >= 0.3 is 0 Å². The van der Waals surface area contributed by atoms with E-state index in [-0.39, 0.29) is 11.9 Å². The fraction of sp³-hybridized carbons (Fsp3) is 0.333. The van der Waals surface area contributed by atoms with Crippen molar-refractivity contribution in [2.45, 2.75) is 6.04 Å². The summed E-state index contributed by atoms with van der Waals surface area (Å²) in [6.45, 7) is 3.69. The van der Waals surface area contributed by atoms with Crippen molar-refractivity contribution in [1.29, 1.82) is 0 Å². The van der Waals surface area contributed by atoms with Crippen molar-refractivity contribution in [2.75, 3.05) is 26.2 Å². The molecule has 1 aromatic carbocycles. The molecule has 1 saturated heterocycles. The van der Waals surface area contributed by atoms with Crippen LogP contribution in [0.3, 0.4) is 0 Å². The zero-order chi connectivity index (χ0) is 13.9. The fourth-order valence-corrected chi connectivity index (χ4v) is 3.10. The van der Waals surface area contributed by atoms with E-state index in [2.05, 4.69) is 26.1 Å². The maximum atomic E-state index is 13.6. The molecule has 0 unspecified atom stereocenters. The van der Waals surface area contributed by atoms with Crippen LogP contribution in [0.15, 0.2) is 45.5 Å². The smallest absolute Gasteiger partial charge is 0.125 e. The van der Waals surface area contributed by atoms with Crippen LogP contribution in [-0.2, 0) is 0 Å². The van der Waals surface area contributed by atoms with Crippen molar-refractivity contribution in [3.63, 3.8) is 0 Å². The Morgan fingerprint density at radius 3 is 2.75 bits per heavy atom. The molecule has 0 radical (unpaired) electrons. The van der Waals surface area contributed by atoms with Crippen LogP contribution in [0.25, 0.3) is 0 Å². The van der Waals surface area contributed by atoms with Gasteiger partial charge in [-0.25, -0.2) is 4.39 Å². The molecular formula is C15H16BrFN2O. The van der Waals surface area contributed by atoms with Gasteiger partial charge in [0.15, 0.2) is 0 Å². The van der Waals surface area contributed by atoms with Gasteiger partial charge in [0.25, 0.3) is 0 Å². The summed E-state index contributed by atoms with van der Waals surface area (Å²) < 4.78 is 20.1. The van der Waals surface area contributed by atoms with E-state index in [0.29, 0.717) is 0 Å². The SMILES string of the molecule is Fc1ccc(Br)c([C@@H](c2ccco2)N2CCNCC2)c1. The molecule has 2 aromatic rings. The molecule has 1 aliphatic rings. The quantitative estimate of drug-likeness (QED) is 0.931. The second-order valence-corrected chi connectivity index (χ2v) is 5.72. The molecule has 106 valence electrons. The molecule has 1 aromatic heterocycles. The van der Waals surface area contributed by atoms with Crippen LogP contribution in [-0.4, -0.2) is 31.1 Å². The van der Waals surface area contributed by atoms with E-state index >= 15 is 0 Å². The minimum absolute atomic E-state index is 0.0582. The van der Waals surface area contributed by atoms with Gasteiger partial charge in [-0.05, 0) is 35.9 Å². The monoisotopic (exact) mass is 338 g/mol. The number of rotatable bonds is 3. The molecule has 0 aliphatic carbocycles. The predicted octanol–water partition coefficient (Wildman–Crippen LogP) is 3.18. The van der Waals surface area contributed by atoms with E-state index in [1.165, 1.54) is 6.07 Å². The average Bonchev–Trinajstić information content (AvgIpc) is 2.98. The third kappa shape index (κ3) is 2.80. The molecular weight excluding hydrogens is 323 g/mol. The Labute approximate surface area is 125 Å². The second kappa shape index (κ2) is 6.08. The Balaban J connectivity index is 2.02. The highest BCUT2D eigenvalue weighted by atomic mass is 79.9. The molecule has 0 amide bonds. The summed E-state index contributed by atoms with van der Waals surface area (Å²) in [5.74, 6) is 0.619. The van der Waals surface area contributed by atoms with Gasteiger partial charge < -0.3 is 9.73 Å². The Morgan fingerprint density at radius 2 is 2.05 bits per heavy atom. The lowest BCUT2D eigenvalue weighted by atomic mass is 10.0. The molecule has 0 bridgehead atoms. The second-order valence-electron chi connectivity index (χ2n) is 4.87. The highest BCUT2D eigenvalue weighted by Crippen LogP contribution is 2.34. The van der Waals surface area contributed by atoms with Crippen molar-refractivity contribution in [1.82, 2.24) is 10.2 Å². The number of nitrogens with one attached hydrogen (secondary N) is 1. The minimum atomic E-state index is -0.227. The third-order valence-electron chi connectivity index (χ3n) is 3.58. The van der Waals surface area contributed by atoms with Gasteiger partial charge in [-0.15, -0.1) is 0 Å². The van der Waals surface area contributed by atoms with E-state index in [1.54, 1.807) is 18.4 Å². The zero-order valence-corrected chi connectivity index (χ0v) is 12.6. The van der Waals surface area contributed by atoms with Crippen LogP contribution in [0.5, 0.6) is 0 Å². The maximum absolute atomic E-state index is 13.6. The first kappa shape index (κ1) is 13.8. The van der Waals surface area contributed by atoms with Crippen molar-refractivity contribution < 1.29 is 8.81 Å². The number of nitrogens with zero attached hydrogens (tertiary/aromatic N) is 1. The lowest BCUT2D eigenvalue weighted by molar-refractivity contribution is 0.179. The first-order chi connectivity index (χ1) is 9.75. The van der Waals surface area contributed by atoms with E-state index < -0.39 is 0 Å². The molecule has 0 saturated carbocycles. The molecule has 1 N–H and O–H groups in total.